The van der Waals surface area contributed by atoms with E-state index in [1.54, 1.807) is 19.2 Å². The Hall–Kier alpha value is -5.17. The fourth-order valence-electron chi connectivity index (χ4n) is 7.68. The van der Waals surface area contributed by atoms with Gasteiger partial charge in [0.25, 0.3) is 15.9 Å². The highest BCUT2D eigenvalue weighted by atomic mass is 32.2. The molecule has 1 saturated carbocycles. The molecule has 2 fully saturated rings. The average molecular weight is 755 g/mol. The number of hydrogen-bond donors (Lipinski definition) is 2. The number of amides is 3. The minimum Gasteiger partial charge on any atom is -0.497 e. The minimum atomic E-state index is -4.28. The number of hydrogen-bond acceptors (Lipinski definition) is 9. The Labute approximate surface area is 315 Å². The molecule has 12 nitrogen and oxygen atoms in total. The summed E-state index contributed by atoms with van der Waals surface area (Å²) in [6.07, 6.45) is 6.31. The van der Waals surface area contributed by atoms with E-state index in [1.807, 2.05) is 54.6 Å². The SMILES string of the molecule is COc1ccc2c(O[C@@H]3C[C@@H](C(=O)N[C@]45C[C@H]4CCCCCCCCOc4cccc(c4)S(=O)(=O)NC5=O)N(C(C)=O)C3)cc(-c3ccccc3)nc2c1. The summed E-state index contributed by atoms with van der Waals surface area (Å²) in [5.74, 6) is -0.293. The summed E-state index contributed by atoms with van der Waals surface area (Å²) in [5.41, 5.74) is 0.816. The summed E-state index contributed by atoms with van der Waals surface area (Å²) in [7, 11) is -2.69. The van der Waals surface area contributed by atoms with Crippen molar-refractivity contribution in [2.24, 2.45) is 5.92 Å². The first-order valence-corrected chi connectivity index (χ1v) is 20.1. The molecule has 54 heavy (non-hydrogen) atoms. The van der Waals surface area contributed by atoms with Gasteiger partial charge in [-0.2, -0.15) is 0 Å². The van der Waals surface area contributed by atoms with Crippen LogP contribution in [-0.4, -0.2) is 74.0 Å². The van der Waals surface area contributed by atoms with Crippen LogP contribution >= 0.6 is 0 Å². The van der Waals surface area contributed by atoms with Crippen molar-refractivity contribution in [3.8, 4) is 28.5 Å². The van der Waals surface area contributed by atoms with Crippen LogP contribution in [-0.2, 0) is 24.4 Å². The lowest BCUT2D eigenvalue weighted by Gasteiger charge is -2.26. The molecule has 2 N–H and O–H groups in total. The highest BCUT2D eigenvalue weighted by molar-refractivity contribution is 7.90. The Morgan fingerprint density at radius 1 is 0.963 bits per heavy atom. The van der Waals surface area contributed by atoms with Crippen LogP contribution in [0.2, 0.25) is 0 Å². The third-order valence-corrected chi connectivity index (χ3v) is 12.1. The van der Waals surface area contributed by atoms with E-state index < -0.39 is 39.5 Å². The third kappa shape index (κ3) is 8.01. The zero-order valence-corrected chi connectivity index (χ0v) is 31.4. The van der Waals surface area contributed by atoms with E-state index in [0.29, 0.717) is 47.9 Å². The molecular weight excluding hydrogens is 709 g/mol. The summed E-state index contributed by atoms with van der Waals surface area (Å²) in [6.45, 7) is 2.01. The number of likely N-dealkylation sites (tertiary alicyclic amines) is 1. The molecule has 0 radical (unpaired) electrons. The zero-order valence-electron chi connectivity index (χ0n) is 30.6. The second kappa shape index (κ2) is 15.7. The predicted molar refractivity (Wildman–Crippen MR) is 203 cm³/mol. The molecule has 3 aliphatic rings. The van der Waals surface area contributed by atoms with Crippen LogP contribution < -0.4 is 24.2 Å². The van der Waals surface area contributed by atoms with Crippen molar-refractivity contribution in [1.29, 1.82) is 0 Å². The number of pyridine rings is 1. The molecule has 3 aromatic carbocycles. The van der Waals surface area contributed by atoms with Crippen molar-refractivity contribution in [3.63, 3.8) is 0 Å². The molecule has 3 amide bonds. The van der Waals surface area contributed by atoms with Gasteiger partial charge in [0, 0.05) is 42.5 Å². The van der Waals surface area contributed by atoms with Crippen molar-refractivity contribution >= 4 is 38.6 Å². The zero-order chi connectivity index (χ0) is 37.9. The summed E-state index contributed by atoms with van der Waals surface area (Å²) < 4.78 is 47.1. The molecule has 284 valence electrons. The van der Waals surface area contributed by atoms with Crippen molar-refractivity contribution in [2.45, 2.75) is 87.3 Å². The molecule has 7 rings (SSSR count). The number of carbonyl (C=O) groups excluding carboxylic acids is 3. The number of nitrogens with one attached hydrogen (secondary N) is 2. The Morgan fingerprint density at radius 3 is 2.52 bits per heavy atom. The van der Waals surface area contributed by atoms with E-state index in [9.17, 15) is 22.8 Å². The summed E-state index contributed by atoms with van der Waals surface area (Å²) in [4.78, 5) is 47.4. The Bertz CT molecular complexity index is 2150. The summed E-state index contributed by atoms with van der Waals surface area (Å²) >= 11 is 0. The van der Waals surface area contributed by atoms with Crippen LogP contribution in [0.4, 0.5) is 0 Å². The lowest BCUT2D eigenvalue weighted by atomic mass is 10.0. The van der Waals surface area contributed by atoms with Gasteiger partial charge in [0.15, 0.2) is 0 Å². The fourth-order valence-corrected chi connectivity index (χ4v) is 8.75. The average Bonchev–Trinajstić information content (AvgIpc) is 3.69. The predicted octanol–water partition coefficient (Wildman–Crippen LogP) is 5.78. The molecule has 1 aliphatic carbocycles. The van der Waals surface area contributed by atoms with Crippen LogP contribution in [0.15, 0.2) is 83.8 Å². The normalized spacial score (nSPS) is 24.3. The van der Waals surface area contributed by atoms with E-state index in [-0.39, 0.29) is 29.7 Å². The van der Waals surface area contributed by atoms with E-state index in [1.165, 1.54) is 24.0 Å². The Kier molecular flexibility index (Phi) is 10.8. The van der Waals surface area contributed by atoms with Gasteiger partial charge in [0.2, 0.25) is 11.8 Å². The van der Waals surface area contributed by atoms with Gasteiger partial charge in [-0.1, -0.05) is 68.5 Å². The minimum absolute atomic E-state index is 0.104. The molecule has 1 aromatic heterocycles. The third-order valence-electron chi connectivity index (χ3n) is 10.7. The number of methoxy groups -OCH3 is 1. The number of rotatable bonds is 6. The maximum atomic E-state index is 14.2. The maximum absolute atomic E-state index is 14.2. The largest absolute Gasteiger partial charge is 0.497 e. The number of ether oxygens (including phenoxy) is 3. The van der Waals surface area contributed by atoms with Gasteiger partial charge >= 0.3 is 0 Å². The van der Waals surface area contributed by atoms with Gasteiger partial charge in [-0.3, -0.25) is 14.4 Å². The number of nitrogens with zero attached hydrogens (tertiary/aromatic N) is 2. The van der Waals surface area contributed by atoms with Crippen LogP contribution in [0, 0.1) is 5.92 Å². The number of fused-ring (bicyclic) bond motifs is 4. The number of benzene rings is 3. The van der Waals surface area contributed by atoms with Crippen molar-refractivity contribution in [2.75, 3.05) is 20.3 Å². The van der Waals surface area contributed by atoms with Gasteiger partial charge in [-0.25, -0.2) is 18.1 Å². The number of aromatic nitrogens is 1. The maximum Gasteiger partial charge on any atom is 0.264 e. The summed E-state index contributed by atoms with van der Waals surface area (Å²) in [5, 5.41) is 3.69. The molecule has 2 bridgehead atoms. The van der Waals surface area contributed by atoms with Gasteiger partial charge in [-0.05, 0) is 49.4 Å². The van der Waals surface area contributed by atoms with E-state index >= 15 is 0 Å². The molecule has 13 heteroatoms. The number of carbonyl (C=O) groups is 3. The Morgan fingerprint density at radius 2 is 1.74 bits per heavy atom. The second-order valence-corrected chi connectivity index (χ2v) is 16.1. The topological polar surface area (TPSA) is 153 Å². The van der Waals surface area contributed by atoms with Crippen LogP contribution in [0.3, 0.4) is 0 Å². The monoisotopic (exact) mass is 754 g/mol. The summed E-state index contributed by atoms with van der Waals surface area (Å²) in [6, 6.07) is 22.2. The van der Waals surface area contributed by atoms with E-state index in [0.717, 1.165) is 49.5 Å². The van der Waals surface area contributed by atoms with Gasteiger partial charge in [0.1, 0.15) is 34.9 Å². The van der Waals surface area contributed by atoms with Gasteiger partial charge in [-0.15, -0.1) is 0 Å². The highest BCUT2D eigenvalue weighted by Crippen LogP contribution is 2.48. The lowest BCUT2D eigenvalue weighted by molar-refractivity contribution is -0.138. The smallest absolute Gasteiger partial charge is 0.264 e. The van der Waals surface area contributed by atoms with Crippen LogP contribution in [0.5, 0.6) is 17.2 Å². The molecular formula is C41H46N4O8S. The Balaban J connectivity index is 1.13. The second-order valence-electron chi connectivity index (χ2n) is 14.4. The standard InChI is InChI=1S/C41H46N4O8S/c1-27(46)45-26-32(53-38-24-35(28-13-8-7-9-14-28)42-36-22-30(51-2)18-19-34(36)38)23-37(45)39(47)43-41-25-29(41)15-10-5-3-4-6-11-20-52-31-16-12-17-33(21-31)54(49,50)44-40(41)48/h7-9,12-14,16-19,21-22,24,29,32,37H,3-6,10-11,15,20,23,25-26H2,1-2H3,(H,43,47)(H,44,48)/t29-,32-,37+,41-/m1/s1. The lowest BCUT2D eigenvalue weighted by Crippen LogP contribution is -2.56. The first-order valence-electron chi connectivity index (χ1n) is 18.7. The first kappa shape index (κ1) is 37.2. The molecule has 4 atom stereocenters. The fraction of sp³-hybridized carbons (Fsp3) is 0.415. The van der Waals surface area contributed by atoms with E-state index in [2.05, 4.69) is 10.0 Å². The molecule has 0 spiro atoms. The van der Waals surface area contributed by atoms with Gasteiger partial charge < -0.3 is 24.4 Å². The molecule has 4 aromatic rings. The highest BCUT2D eigenvalue weighted by Gasteiger charge is 2.62. The quantitative estimate of drug-likeness (QED) is 0.250. The van der Waals surface area contributed by atoms with Crippen molar-refractivity contribution < 1.29 is 37.0 Å². The van der Waals surface area contributed by atoms with Crippen LogP contribution in [0.25, 0.3) is 22.2 Å². The molecule has 2 aliphatic heterocycles. The number of sulfonamides is 1. The van der Waals surface area contributed by atoms with Crippen molar-refractivity contribution in [3.05, 3.63) is 78.9 Å². The molecule has 0 unspecified atom stereocenters. The van der Waals surface area contributed by atoms with Crippen LogP contribution in [0.1, 0.15) is 64.7 Å². The van der Waals surface area contributed by atoms with Crippen molar-refractivity contribution in [1.82, 2.24) is 19.9 Å². The first-order chi connectivity index (χ1) is 26.1. The van der Waals surface area contributed by atoms with Gasteiger partial charge in [0.05, 0.1) is 36.4 Å². The van der Waals surface area contributed by atoms with E-state index in [4.69, 9.17) is 19.2 Å². The molecule has 1 saturated heterocycles. The molecule has 3 heterocycles.